The molecule has 3 aromatic rings. The van der Waals surface area contributed by atoms with Gasteiger partial charge in [0.25, 0.3) is 5.91 Å². The van der Waals surface area contributed by atoms with Crippen LogP contribution in [0, 0.1) is 10.1 Å². The Morgan fingerprint density at radius 1 is 1.09 bits per heavy atom. The summed E-state index contributed by atoms with van der Waals surface area (Å²) in [7, 11) is -3.40. The van der Waals surface area contributed by atoms with Crippen molar-refractivity contribution in [3.8, 4) is 0 Å². The summed E-state index contributed by atoms with van der Waals surface area (Å²) >= 11 is 0.693. The first-order valence-electron chi connectivity index (χ1n) is 9.65. The maximum absolute atomic E-state index is 14.5. The second kappa shape index (κ2) is 8.64. The Morgan fingerprint density at radius 2 is 1.66 bits per heavy atom. The van der Waals surface area contributed by atoms with E-state index in [-0.39, 0.29) is 10.1 Å². The Balaban J connectivity index is 1.52. The fourth-order valence-corrected chi connectivity index (χ4v) is 7.70. The van der Waals surface area contributed by atoms with E-state index in [1.165, 1.54) is 0 Å². The number of ether oxygens (including phenoxy) is 1. The van der Waals surface area contributed by atoms with Gasteiger partial charge in [-0.2, -0.15) is 0 Å². The van der Waals surface area contributed by atoms with E-state index in [2.05, 4.69) is 10.3 Å². The average molecular weight is 471 g/mol. The van der Waals surface area contributed by atoms with Gasteiger partial charge in [-0.15, -0.1) is 0 Å². The standard InChI is InChI=1S/C21H18N3O6PS/c25-17(23-20-22-13-18(32-20)24(27)28)14-30-19(26)21(11-12-21)31(29,15-7-3-1-4-8-15)16-9-5-2-6-10-16/h1-10,13H,11-12,14H2,(H,22,23,25). The van der Waals surface area contributed by atoms with Crippen molar-refractivity contribution in [3.63, 3.8) is 0 Å². The van der Waals surface area contributed by atoms with E-state index in [0.717, 1.165) is 6.20 Å². The third kappa shape index (κ3) is 3.94. The second-order valence-electron chi connectivity index (χ2n) is 7.20. The number of hydrogen-bond acceptors (Lipinski definition) is 8. The summed E-state index contributed by atoms with van der Waals surface area (Å²) in [5.41, 5.74) is 0. The Bertz CT molecular complexity index is 1170. The van der Waals surface area contributed by atoms with Gasteiger partial charge in [0, 0.05) is 10.6 Å². The third-order valence-corrected chi connectivity index (χ3v) is 9.95. The molecular formula is C21H18N3O6PS. The van der Waals surface area contributed by atoms with E-state index in [1.807, 2.05) is 12.1 Å². The predicted octanol–water partition coefficient (Wildman–Crippen LogP) is 3.08. The minimum atomic E-state index is -3.40. The van der Waals surface area contributed by atoms with Crippen molar-refractivity contribution in [3.05, 3.63) is 77.0 Å². The van der Waals surface area contributed by atoms with Crippen molar-refractivity contribution >= 4 is 51.1 Å². The molecule has 4 rings (SSSR count). The second-order valence-corrected chi connectivity index (χ2v) is 11.3. The number of thiazole rings is 1. The van der Waals surface area contributed by atoms with E-state index in [0.29, 0.717) is 34.8 Å². The monoisotopic (exact) mass is 471 g/mol. The molecule has 1 N–H and O–H groups in total. The highest BCUT2D eigenvalue weighted by atomic mass is 32.1. The van der Waals surface area contributed by atoms with Gasteiger partial charge in [-0.1, -0.05) is 60.7 Å². The number of nitrogens with zero attached hydrogens (tertiary/aromatic N) is 2. The van der Waals surface area contributed by atoms with E-state index < -0.39 is 35.7 Å². The number of esters is 1. The maximum Gasteiger partial charge on any atom is 0.345 e. The Hall–Kier alpha value is -3.36. The van der Waals surface area contributed by atoms with Crippen molar-refractivity contribution < 1.29 is 23.8 Å². The van der Waals surface area contributed by atoms with Crippen LogP contribution in [0.5, 0.6) is 0 Å². The van der Waals surface area contributed by atoms with Crippen LogP contribution in [-0.4, -0.2) is 33.5 Å². The molecule has 11 heteroatoms. The number of nitro groups is 1. The highest BCUT2D eigenvalue weighted by Crippen LogP contribution is 2.68. The maximum atomic E-state index is 14.5. The first kappa shape index (κ1) is 21.9. The minimum absolute atomic E-state index is 0.0260. The molecule has 1 heterocycles. The van der Waals surface area contributed by atoms with Crippen LogP contribution >= 0.6 is 18.5 Å². The zero-order valence-electron chi connectivity index (χ0n) is 16.7. The van der Waals surface area contributed by atoms with Gasteiger partial charge in [-0.05, 0) is 24.2 Å². The molecule has 0 saturated heterocycles. The molecule has 2 aromatic carbocycles. The zero-order valence-corrected chi connectivity index (χ0v) is 18.4. The largest absolute Gasteiger partial charge is 0.455 e. The Morgan fingerprint density at radius 3 is 2.12 bits per heavy atom. The van der Waals surface area contributed by atoms with Crippen LogP contribution in [0.15, 0.2) is 66.9 Å². The molecule has 32 heavy (non-hydrogen) atoms. The normalized spacial score (nSPS) is 14.4. The van der Waals surface area contributed by atoms with E-state index in [4.69, 9.17) is 4.74 Å². The lowest BCUT2D eigenvalue weighted by Gasteiger charge is -2.27. The summed E-state index contributed by atoms with van der Waals surface area (Å²) in [5.74, 6) is -1.39. The third-order valence-electron chi connectivity index (χ3n) is 5.20. The molecule has 1 fully saturated rings. The van der Waals surface area contributed by atoms with Gasteiger partial charge in [0.15, 0.2) is 18.9 Å². The topological polar surface area (TPSA) is 128 Å². The number of nitrogens with one attached hydrogen (secondary N) is 1. The van der Waals surface area contributed by atoms with Crippen molar-refractivity contribution in [1.82, 2.24) is 4.98 Å². The van der Waals surface area contributed by atoms with Crippen LogP contribution in [0.1, 0.15) is 12.8 Å². The lowest BCUT2D eigenvalue weighted by Crippen LogP contribution is -2.36. The molecule has 9 nitrogen and oxygen atoms in total. The summed E-state index contributed by atoms with van der Waals surface area (Å²) in [6.07, 6.45) is 1.79. The van der Waals surface area contributed by atoms with Gasteiger partial charge < -0.3 is 9.30 Å². The van der Waals surface area contributed by atoms with Crippen molar-refractivity contribution in [2.75, 3.05) is 11.9 Å². The lowest BCUT2D eigenvalue weighted by atomic mass is 10.4. The minimum Gasteiger partial charge on any atom is -0.455 e. The predicted molar refractivity (Wildman–Crippen MR) is 120 cm³/mol. The van der Waals surface area contributed by atoms with Crippen LogP contribution in [0.2, 0.25) is 0 Å². The van der Waals surface area contributed by atoms with E-state index >= 15 is 0 Å². The molecule has 0 atom stereocenters. The molecular weight excluding hydrogens is 453 g/mol. The number of rotatable bonds is 8. The van der Waals surface area contributed by atoms with Crippen LogP contribution in [0.3, 0.4) is 0 Å². The Kier molecular flexibility index (Phi) is 5.90. The van der Waals surface area contributed by atoms with Gasteiger partial charge >= 0.3 is 11.0 Å². The molecule has 0 unspecified atom stereocenters. The molecule has 0 bridgehead atoms. The molecule has 1 amide bonds. The van der Waals surface area contributed by atoms with Gasteiger partial charge in [0.1, 0.15) is 11.4 Å². The van der Waals surface area contributed by atoms with Gasteiger partial charge in [0.05, 0.1) is 4.92 Å². The number of hydrogen-bond donors (Lipinski definition) is 1. The fraction of sp³-hybridized carbons (Fsp3) is 0.190. The highest BCUT2D eigenvalue weighted by molar-refractivity contribution is 7.81. The number of carbonyl (C=O) groups excluding carboxylic acids is 2. The van der Waals surface area contributed by atoms with Gasteiger partial charge in [-0.25, -0.2) is 4.98 Å². The quantitative estimate of drug-likeness (QED) is 0.231. The number of benzene rings is 2. The summed E-state index contributed by atoms with van der Waals surface area (Å²) < 4.78 is 19.7. The number of anilines is 1. The van der Waals surface area contributed by atoms with Crippen LogP contribution in [-0.2, 0) is 18.9 Å². The smallest absolute Gasteiger partial charge is 0.345 e. The molecule has 164 valence electrons. The van der Waals surface area contributed by atoms with Crippen LogP contribution < -0.4 is 15.9 Å². The van der Waals surface area contributed by atoms with Crippen molar-refractivity contribution in [2.45, 2.75) is 18.0 Å². The van der Waals surface area contributed by atoms with Crippen LogP contribution in [0.4, 0.5) is 10.1 Å². The van der Waals surface area contributed by atoms with Crippen molar-refractivity contribution in [2.24, 2.45) is 0 Å². The Labute approximate surface area is 187 Å². The summed E-state index contributed by atoms with van der Waals surface area (Å²) in [6, 6.07) is 17.7. The molecule has 1 aliphatic carbocycles. The SMILES string of the molecule is O=C(COC(=O)C1(P(=O)(c2ccccc2)c2ccccc2)CC1)Nc1ncc([N+](=O)[O-])s1. The molecule has 1 aliphatic rings. The van der Waals surface area contributed by atoms with E-state index in [9.17, 15) is 24.3 Å². The number of amides is 1. The highest BCUT2D eigenvalue weighted by Gasteiger charge is 2.65. The first-order valence-corrected chi connectivity index (χ1v) is 12.2. The fourth-order valence-electron chi connectivity index (χ4n) is 3.51. The average Bonchev–Trinajstić information content (AvgIpc) is 3.51. The van der Waals surface area contributed by atoms with Crippen LogP contribution in [0.25, 0.3) is 0 Å². The number of carbonyl (C=O) groups is 2. The molecule has 0 radical (unpaired) electrons. The molecule has 1 saturated carbocycles. The summed E-state index contributed by atoms with van der Waals surface area (Å²) in [6.45, 7) is -0.614. The van der Waals surface area contributed by atoms with Gasteiger partial charge in [0.2, 0.25) is 0 Å². The summed E-state index contributed by atoms with van der Waals surface area (Å²) in [4.78, 5) is 39.1. The number of aromatic nitrogens is 1. The summed E-state index contributed by atoms with van der Waals surface area (Å²) in [5, 5.41) is 12.8. The van der Waals surface area contributed by atoms with E-state index in [1.54, 1.807) is 48.5 Å². The first-order chi connectivity index (χ1) is 15.4. The lowest BCUT2D eigenvalue weighted by molar-refractivity contribution is -0.380. The zero-order chi connectivity index (χ0) is 22.8. The molecule has 0 aliphatic heterocycles. The van der Waals surface area contributed by atoms with Crippen molar-refractivity contribution in [1.29, 1.82) is 0 Å². The molecule has 1 aromatic heterocycles. The van der Waals surface area contributed by atoms with Gasteiger partial charge in [-0.3, -0.25) is 25.0 Å². The molecule has 0 spiro atoms.